The van der Waals surface area contributed by atoms with Crippen molar-refractivity contribution in [3.63, 3.8) is 0 Å². The molecule has 2 aromatic carbocycles. The van der Waals surface area contributed by atoms with Crippen LogP contribution in [0.25, 0.3) is 10.8 Å². The summed E-state index contributed by atoms with van der Waals surface area (Å²) in [6, 6.07) is 17.6. The number of fused-ring (bicyclic) bond motifs is 1. The van der Waals surface area contributed by atoms with Gasteiger partial charge in [-0.15, -0.1) is 16.4 Å². The van der Waals surface area contributed by atoms with Gasteiger partial charge in [-0.25, -0.2) is 4.98 Å². The van der Waals surface area contributed by atoms with E-state index in [9.17, 15) is 4.79 Å². The number of rotatable bonds is 5. The molecule has 0 radical (unpaired) electrons. The van der Waals surface area contributed by atoms with Gasteiger partial charge in [-0.2, -0.15) is 5.10 Å². The van der Waals surface area contributed by atoms with Crippen molar-refractivity contribution >= 4 is 50.6 Å². The standard InChI is InChI=1S/C20H16N4OS2/c1-14(25)24(17-8-3-2-4-9-17)20-22-16(13-27-20)12-26-19-18-10-6-5-7-15(18)11-21-23-19/h2-11,13H,12H2,1H3. The maximum absolute atomic E-state index is 12.1. The fourth-order valence-electron chi connectivity index (χ4n) is 2.72. The van der Waals surface area contributed by atoms with Gasteiger partial charge in [0.15, 0.2) is 5.13 Å². The van der Waals surface area contributed by atoms with Gasteiger partial charge in [0.2, 0.25) is 5.91 Å². The fourth-order valence-corrected chi connectivity index (χ4v) is 4.59. The van der Waals surface area contributed by atoms with E-state index < -0.39 is 0 Å². The zero-order valence-corrected chi connectivity index (χ0v) is 16.2. The summed E-state index contributed by atoms with van der Waals surface area (Å²) < 4.78 is 0. The number of thioether (sulfide) groups is 1. The third-order valence-corrected chi connectivity index (χ3v) is 5.84. The topological polar surface area (TPSA) is 59.0 Å². The summed E-state index contributed by atoms with van der Waals surface area (Å²) in [7, 11) is 0. The Bertz CT molecular complexity index is 1080. The molecule has 0 aliphatic heterocycles. The van der Waals surface area contributed by atoms with E-state index in [1.165, 1.54) is 11.3 Å². The molecule has 4 aromatic rings. The van der Waals surface area contributed by atoms with E-state index >= 15 is 0 Å². The van der Waals surface area contributed by atoms with Crippen molar-refractivity contribution < 1.29 is 4.79 Å². The molecular weight excluding hydrogens is 376 g/mol. The van der Waals surface area contributed by atoms with E-state index in [2.05, 4.69) is 15.2 Å². The summed E-state index contributed by atoms with van der Waals surface area (Å²) in [6.45, 7) is 1.55. The van der Waals surface area contributed by atoms with Crippen molar-refractivity contribution in [2.24, 2.45) is 0 Å². The number of amides is 1. The molecule has 0 fully saturated rings. The molecule has 0 bridgehead atoms. The maximum atomic E-state index is 12.1. The van der Waals surface area contributed by atoms with Gasteiger partial charge in [0.1, 0.15) is 5.03 Å². The molecule has 0 spiro atoms. The zero-order valence-electron chi connectivity index (χ0n) is 14.6. The van der Waals surface area contributed by atoms with Crippen LogP contribution in [0.3, 0.4) is 0 Å². The number of aromatic nitrogens is 3. The summed E-state index contributed by atoms with van der Waals surface area (Å²) in [5.74, 6) is 0.606. The second-order valence-corrected chi connectivity index (χ2v) is 7.64. The van der Waals surface area contributed by atoms with E-state index in [0.717, 1.165) is 27.2 Å². The van der Waals surface area contributed by atoms with Crippen LogP contribution >= 0.6 is 23.1 Å². The Kier molecular flexibility index (Phi) is 5.13. The number of thiazole rings is 1. The van der Waals surface area contributed by atoms with Gasteiger partial charge in [-0.3, -0.25) is 9.69 Å². The van der Waals surface area contributed by atoms with Gasteiger partial charge in [0.05, 0.1) is 17.6 Å². The summed E-state index contributed by atoms with van der Waals surface area (Å²) in [6.07, 6.45) is 1.77. The molecule has 7 heteroatoms. The Hall–Kier alpha value is -2.77. The molecular formula is C20H16N4OS2. The second-order valence-electron chi connectivity index (χ2n) is 5.84. The number of anilines is 2. The molecule has 4 rings (SSSR count). The maximum Gasteiger partial charge on any atom is 0.230 e. The van der Waals surface area contributed by atoms with Crippen LogP contribution in [0.2, 0.25) is 0 Å². The molecule has 1 amide bonds. The highest BCUT2D eigenvalue weighted by atomic mass is 32.2. The zero-order chi connectivity index (χ0) is 18.6. The minimum Gasteiger partial charge on any atom is -0.274 e. The minimum atomic E-state index is -0.0605. The van der Waals surface area contributed by atoms with Crippen molar-refractivity contribution in [1.82, 2.24) is 15.2 Å². The number of para-hydroxylation sites is 1. The summed E-state index contributed by atoms with van der Waals surface area (Å²) in [5.41, 5.74) is 1.73. The van der Waals surface area contributed by atoms with Gasteiger partial charge in [0.25, 0.3) is 0 Å². The highest BCUT2D eigenvalue weighted by Gasteiger charge is 2.17. The predicted molar refractivity (Wildman–Crippen MR) is 110 cm³/mol. The van der Waals surface area contributed by atoms with Gasteiger partial charge in [-0.1, -0.05) is 54.2 Å². The van der Waals surface area contributed by atoms with Crippen LogP contribution in [0.15, 0.2) is 71.2 Å². The van der Waals surface area contributed by atoms with Crippen molar-refractivity contribution in [2.45, 2.75) is 17.7 Å². The number of benzene rings is 2. The molecule has 0 saturated heterocycles. The SMILES string of the molecule is CC(=O)N(c1ccccc1)c1nc(CSc2nncc3ccccc23)cs1. The smallest absolute Gasteiger partial charge is 0.230 e. The molecule has 0 unspecified atom stereocenters. The normalized spacial score (nSPS) is 10.9. The summed E-state index contributed by atoms with van der Waals surface area (Å²) in [5, 5.41) is 14.0. The number of nitrogens with zero attached hydrogens (tertiary/aromatic N) is 4. The lowest BCUT2D eigenvalue weighted by atomic mass is 10.2. The lowest BCUT2D eigenvalue weighted by Gasteiger charge is -2.17. The van der Waals surface area contributed by atoms with Crippen LogP contribution in [0.1, 0.15) is 12.6 Å². The summed E-state index contributed by atoms with van der Waals surface area (Å²) in [4.78, 5) is 18.4. The van der Waals surface area contributed by atoms with Crippen molar-refractivity contribution in [2.75, 3.05) is 4.90 Å². The molecule has 2 aromatic heterocycles. The van der Waals surface area contributed by atoms with Crippen molar-refractivity contribution in [3.8, 4) is 0 Å². The summed E-state index contributed by atoms with van der Waals surface area (Å²) >= 11 is 3.06. The minimum absolute atomic E-state index is 0.0605. The number of hydrogen-bond donors (Lipinski definition) is 0. The Morgan fingerprint density at radius 2 is 1.89 bits per heavy atom. The lowest BCUT2D eigenvalue weighted by Crippen LogP contribution is -2.22. The lowest BCUT2D eigenvalue weighted by molar-refractivity contribution is -0.115. The van der Waals surface area contributed by atoms with E-state index in [1.54, 1.807) is 29.8 Å². The first-order chi connectivity index (χ1) is 13.2. The monoisotopic (exact) mass is 392 g/mol. The Morgan fingerprint density at radius 1 is 1.11 bits per heavy atom. The van der Waals surface area contributed by atoms with Crippen LogP contribution in [-0.4, -0.2) is 21.1 Å². The van der Waals surface area contributed by atoms with Gasteiger partial charge in [0, 0.05) is 28.8 Å². The average molecular weight is 393 g/mol. The van der Waals surface area contributed by atoms with Crippen LogP contribution < -0.4 is 4.90 Å². The molecule has 0 aliphatic rings. The number of carbonyl (C=O) groups excluding carboxylic acids is 1. The van der Waals surface area contributed by atoms with Crippen LogP contribution in [-0.2, 0) is 10.5 Å². The highest BCUT2D eigenvalue weighted by Crippen LogP contribution is 2.32. The van der Waals surface area contributed by atoms with Gasteiger partial charge >= 0.3 is 0 Å². The first-order valence-electron chi connectivity index (χ1n) is 8.36. The largest absolute Gasteiger partial charge is 0.274 e. The average Bonchev–Trinajstić information content (AvgIpc) is 3.15. The molecule has 134 valence electrons. The molecule has 0 saturated carbocycles. The molecule has 0 aliphatic carbocycles. The van der Waals surface area contributed by atoms with Crippen LogP contribution in [0.5, 0.6) is 0 Å². The first kappa shape index (κ1) is 17.6. The Balaban J connectivity index is 1.55. The van der Waals surface area contributed by atoms with Gasteiger partial charge < -0.3 is 0 Å². The second kappa shape index (κ2) is 7.85. The highest BCUT2D eigenvalue weighted by molar-refractivity contribution is 7.98. The molecule has 0 atom stereocenters. The Morgan fingerprint density at radius 3 is 2.70 bits per heavy atom. The first-order valence-corrected chi connectivity index (χ1v) is 10.2. The molecule has 2 heterocycles. The van der Waals surface area contributed by atoms with Crippen LogP contribution in [0, 0.1) is 0 Å². The van der Waals surface area contributed by atoms with E-state index in [0.29, 0.717) is 10.9 Å². The molecule has 0 N–H and O–H groups in total. The third-order valence-electron chi connectivity index (χ3n) is 3.95. The van der Waals surface area contributed by atoms with Crippen molar-refractivity contribution in [3.05, 3.63) is 71.9 Å². The molecule has 27 heavy (non-hydrogen) atoms. The molecule has 5 nitrogen and oxygen atoms in total. The van der Waals surface area contributed by atoms with Gasteiger partial charge in [-0.05, 0) is 12.1 Å². The van der Waals surface area contributed by atoms with E-state index in [4.69, 9.17) is 0 Å². The van der Waals surface area contributed by atoms with Crippen LogP contribution in [0.4, 0.5) is 10.8 Å². The predicted octanol–water partition coefficient (Wildman–Crippen LogP) is 5.06. The van der Waals surface area contributed by atoms with Crippen molar-refractivity contribution in [1.29, 1.82) is 0 Å². The number of hydrogen-bond acceptors (Lipinski definition) is 6. The third kappa shape index (κ3) is 3.84. The quantitative estimate of drug-likeness (QED) is 0.444. The van der Waals surface area contributed by atoms with E-state index in [1.807, 2.05) is 60.0 Å². The Labute approximate surface area is 165 Å². The fraction of sp³-hybridized carbons (Fsp3) is 0.100. The van der Waals surface area contributed by atoms with E-state index in [-0.39, 0.29) is 5.91 Å². The number of carbonyl (C=O) groups is 1.